The second kappa shape index (κ2) is 3.66. The molecule has 3 aliphatic rings. The van der Waals surface area contributed by atoms with Crippen LogP contribution >= 0.6 is 0 Å². The van der Waals surface area contributed by atoms with E-state index < -0.39 is 5.97 Å². The smallest absolute Gasteiger partial charge is 0.307 e. The maximum atomic E-state index is 11.2. The molecule has 2 bridgehead atoms. The van der Waals surface area contributed by atoms with Crippen LogP contribution in [0.25, 0.3) is 0 Å². The van der Waals surface area contributed by atoms with Crippen molar-refractivity contribution in [3.05, 3.63) is 11.6 Å². The van der Waals surface area contributed by atoms with Crippen LogP contribution in [0.2, 0.25) is 0 Å². The van der Waals surface area contributed by atoms with Crippen LogP contribution in [0.5, 0.6) is 0 Å². The fourth-order valence-corrected chi connectivity index (χ4v) is 3.38. The Balaban J connectivity index is 2.28. The van der Waals surface area contributed by atoms with E-state index >= 15 is 0 Å². The zero-order valence-corrected chi connectivity index (χ0v) is 9.73. The molecule has 0 amide bonds. The number of aliphatic carboxylic acids is 1. The average molecular weight is 208 g/mol. The van der Waals surface area contributed by atoms with Crippen molar-refractivity contribution in [2.45, 2.75) is 33.6 Å². The fourth-order valence-electron chi connectivity index (χ4n) is 3.38. The van der Waals surface area contributed by atoms with Crippen LogP contribution in [0, 0.1) is 29.6 Å². The maximum Gasteiger partial charge on any atom is 0.307 e. The van der Waals surface area contributed by atoms with Crippen LogP contribution in [0.4, 0.5) is 0 Å². The highest BCUT2D eigenvalue weighted by molar-refractivity contribution is 5.71. The van der Waals surface area contributed by atoms with Crippen LogP contribution in [-0.2, 0) is 4.79 Å². The van der Waals surface area contributed by atoms with Crippen LogP contribution in [0.3, 0.4) is 0 Å². The summed E-state index contributed by atoms with van der Waals surface area (Å²) < 4.78 is 0. The quantitative estimate of drug-likeness (QED) is 0.708. The van der Waals surface area contributed by atoms with Gasteiger partial charge in [0.15, 0.2) is 0 Å². The van der Waals surface area contributed by atoms with Crippen LogP contribution in [-0.4, -0.2) is 11.1 Å². The molecule has 2 heteroatoms. The van der Waals surface area contributed by atoms with Gasteiger partial charge in [0.25, 0.3) is 0 Å². The average Bonchev–Trinajstić information content (AvgIpc) is 2.17. The second-order valence-corrected chi connectivity index (χ2v) is 5.51. The molecular weight excluding hydrogens is 188 g/mol. The second-order valence-electron chi connectivity index (χ2n) is 5.51. The van der Waals surface area contributed by atoms with Crippen LogP contribution in [0.15, 0.2) is 11.6 Å². The highest BCUT2D eigenvalue weighted by Gasteiger charge is 2.45. The molecule has 1 unspecified atom stereocenters. The molecule has 4 atom stereocenters. The first-order chi connectivity index (χ1) is 7.00. The molecule has 1 saturated carbocycles. The molecule has 15 heavy (non-hydrogen) atoms. The molecule has 0 saturated heterocycles. The van der Waals surface area contributed by atoms with Gasteiger partial charge in [-0.25, -0.2) is 0 Å². The maximum absolute atomic E-state index is 11.2. The zero-order chi connectivity index (χ0) is 11.2. The normalized spacial score (nSPS) is 39.3. The van der Waals surface area contributed by atoms with Gasteiger partial charge in [-0.2, -0.15) is 0 Å². The summed E-state index contributed by atoms with van der Waals surface area (Å²) in [5, 5.41) is 9.22. The highest BCUT2D eigenvalue weighted by Crippen LogP contribution is 2.49. The SMILES string of the molecule is CC1=C[C@H]2C(C(C)C)C[C@@H]1C[C@H]2C(=O)O. The first-order valence-electron chi connectivity index (χ1n) is 5.91. The summed E-state index contributed by atoms with van der Waals surface area (Å²) >= 11 is 0. The van der Waals surface area contributed by atoms with Gasteiger partial charge in [-0.15, -0.1) is 0 Å². The number of hydrogen-bond acceptors (Lipinski definition) is 1. The number of hydrogen-bond donors (Lipinski definition) is 1. The summed E-state index contributed by atoms with van der Waals surface area (Å²) in [5.74, 6) is 1.27. The zero-order valence-electron chi connectivity index (χ0n) is 9.73. The lowest BCUT2D eigenvalue weighted by molar-refractivity contribution is -0.146. The topological polar surface area (TPSA) is 37.3 Å². The molecule has 0 radical (unpaired) electrons. The molecule has 0 heterocycles. The minimum Gasteiger partial charge on any atom is -0.481 e. The third-order valence-electron chi connectivity index (χ3n) is 4.33. The predicted molar refractivity (Wildman–Crippen MR) is 59.4 cm³/mol. The summed E-state index contributed by atoms with van der Waals surface area (Å²) in [6, 6.07) is 0. The van der Waals surface area contributed by atoms with E-state index in [-0.39, 0.29) is 11.8 Å². The van der Waals surface area contributed by atoms with Crippen molar-refractivity contribution in [1.29, 1.82) is 0 Å². The number of carbonyl (C=O) groups is 1. The molecule has 2 nitrogen and oxygen atoms in total. The lowest BCUT2D eigenvalue weighted by atomic mass is 9.58. The number of fused-ring (bicyclic) bond motifs is 2. The van der Waals surface area contributed by atoms with Gasteiger partial charge in [-0.1, -0.05) is 25.5 Å². The lowest BCUT2D eigenvalue weighted by Gasteiger charge is -2.46. The van der Waals surface area contributed by atoms with Crippen molar-refractivity contribution in [2.75, 3.05) is 0 Å². The molecule has 1 N–H and O–H groups in total. The monoisotopic (exact) mass is 208 g/mol. The van der Waals surface area contributed by atoms with Gasteiger partial charge < -0.3 is 5.11 Å². The Labute approximate surface area is 91.4 Å². The summed E-state index contributed by atoms with van der Waals surface area (Å²) in [6.45, 7) is 6.59. The van der Waals surface area contributed by atoms with Crippen molar-refractivity contribution >= 4 is 5.97 Å². The van der Waals surface area contributed by atoms with E-state index in [1.165, 1.54) is 12.0 Å². The minimum absolute atomic E-state index is 0.125. The van der Waals surface area contributed by atoms with Gasteiger partial charge in [-0.3, -0.25) is 4.79 Å². The molecular formula is C13H20O2. The molecule has 3 aliphatic carbocycles. The van der Waals surface area contributed by atoms with E-state index in [0.29, 0.717) is 17.8 Å². The first-order valence-corrected chi connectivity index (χ1v) is 5.91. The number of allylic oxidation sites excluding steroid dienone is 2. The molecule has 0 aromatic heterocycles. The van der Waals surface area contributed by atoms with Crippen molar-refractivity contribution in [1.82, 2.24) is 0 Å². The summed E-state index contributed by atoms with van der Waals surface area (Å²) in [5.41, 5.74) is 1.43. The van der Waals surface area contributed by atoms with E-state index in [9.17, 15) is 9.90 Å². The third kappa shape index (κ3) is 1.70. The Bertz CT molecular complexity index is 304. The third-order valence-corrected chi connectivity index (χ3v) is 4.33. The molecule has 0 spiro atoms. The minimum atomic E-state index is -0.598. The number of carboxylic acid groups (broad SMARTS) is 1. The van der Waals surface area contributed by atoms with Crippen LogP contribution < -0.4 is 0 Å². The Morgan fingerprint density at radius 2 is 2.13 bits per heavy atom. The standard InChI is InChI=1S/C13H20O2/c1-7(2)10-5-9-6-12(13(14)15)11(10)4-8(9)3/h4,7,9-12H,5-6H2,1-3H3,(H,14,15)/t9-,10?,11+,12-/m1/s1. The van der Waals surface area contributed by atoms with Crippen LogP contribution in [0.1, 0.15) is 33.6 Å². The molecule has 0 aromatic carbocycles. The molecule has 1 fully saturated rings. The summed E-state index contributed by atoms with van der Waals surface area (Å²) in [4.78, 5) is 11.2. The van der Waals surface area contributed by atoms with E-state index in [4.69, 9.17) is 0 Å². The predicted octanol–water partition coefficient (Wildman–Crippen LogP) is 2.95. The van der Waals surface area contributed by atoms with Gasteiger partial charge in [0.1, 0.15) is 0 Å². The van der Waals surface area contributed by atoms with Gasteiger partial charge in [0, 0.05) is 0 Å². The van der Waals surface area contributed by atoms with Gasteiger partial charge in [0.05, 0.1) is 5.92 Å². The Hall–Kier alpha value is -0.790. The van der Waals surface area contributed by atoms with Crippen molar-refractivity contribution in [3.8, 4) is 0 Å². The molecule has 84 valence electrons. The van der Waals surface area contributed by atoms with Crippen molar-refractivity contribution < 1.29 is 9.90 Å². The summed E-state index contributed by atoms with van der Waals surface area (Å²) in [6.07, 6.45) is 4.31. The first kappa shape index (κ1) is 10.7. The fraction of sp³-hybridized carbons (Fsp3) is 0.769. The van der Waals surface area contributed by atoms with Crippen molar-refractivity contribution in [2.24, 2.45) is 29.6 Å². The number of rotatable bonds is 2. The van der Waals surface area contributed by atoms with Gasteiger partial charge in [0.2, 0.25) is 0 Å². The lowest BCUT2D eigenvalue weighted by Crippen LogP contribution is -2.42. The van der Waals surface area contributed by atoms with E-state index in [1.54, 1.807) is 0 Å². The summed E-state index contributed by atoms with van der Waals surface area (Å²) in [7, 11) is 0. The van der Waals surface area contributed by atoms with Gasteiger partial charge in [-0.05, 0) is 43.4 Å². The Morgan fingerprint density at radius 3 is 2.60 bits per heavy atom. The van der Waals surface area contributed by atoms with E-state index in [0.717, 1.165) is 6.42 Å². The molecule has 0 aromatic rings. The van der Waals surface area contributed by atoms with E-state index in [1.807, 2.05) is 0 Å². The van der Waals surface area contributed by atoms with Gasteiger partial charge >= 0.3 is 5.97 Å². The highest BCUT2D eigenvalue weighted by atomic mass is 16.4. The Morgan fingerprint density at radius 1 is 1.47 bits per heavy atom. The Kier molecular flexibility index (Phi) is 2.61. The van der Waals surface area contributed by atoms with E-state index in [2.05, 4.69) is 26.8 Å². The largest absolute Gasteiger partial charge is 0.481 e. The number of carboxylic acids is 1. The molecule has 3 rings (SSSR count). The van der Waals surface area contributed by atoms with Crippen molar-refractivity contribution in [3.63, 3.8) is 0 Å². The molecule has 0 aliphatic heterocycles.